The summed E-state index contributed by atoms with van der Waals surface area (Å²) < 4.78 is 15.4. The van der Waals surface area contributed by atoms with Gasteiger partial charge in [-0.1, -0.05) is 12.1 Å². The predicted molar refractivity (Wildman–Crippen MR) is 119 cm³/mol. The highest BCUT2D eigenvalue weighted by Gasteiger charge is 2.54. The average molecular weight is 454 g/mol. The van der Waals surface area contributed by atoms with Crippen molar-refractivity contribution in [2.75, 3.05) is 6.54 Å². The number of halogens is 1. The minimum absolute atomic E-state index is 0.0908. The first kappa shape index (κ1) is 20.8. The number of aromatic nitrogens is 3. The molecule has 3 aromatic rings. The third-order valence-corrected chi connectivity index (χ3v) is 7.22. The molecule has 2 amide bonds. The monoisotopic (exact) mass is 453 g/mol. The highest BCUT2D eigenvalue weighted by molar-refractivity contribution is 7.15. The van der Waals surface area contributed by atoms with Crippen LogP contribution in [0.4, 0.5) is 4.39 Å². The normalized spacial score (nSPS) is 21.5. The van der Waals surface area contributed by atoms with Crippen LogP contribution in [0.3, 0.4) is 0 Å². The van der Waals surface area contributed by atoms with Crippen molar-refractivity contribution < 1.29 is 14.0 Å². The molecule has 3 heterocycles. The van der Waals surface area contributed by atoms with Crippen LogP contribution in [0.25, 0.3) is 10.4 Å². The molecule has 3 atom stereocenters. The van der Waals surface area contributed by atoms with Gasteiger partial charge in [-0.3, -0.25) is 14.3 Å². The molecule has 32 heavy (non-hydrogen) atoms. The molecule has 7 nitrogen and oxygen atoms in total. The molecule has 5 rings (SSSR count). The van der Waals surface area contributed by atoms with E-state index >= 15 is 0 Å². The van der Waals surface area contributed by atoms with Gasteiger partial charge in [-0.25, -0.2) is 9.37 Å². The molecule has 166 valence electrons. The maximum absolute atomic E-state index is 13.8. The third-order valence-electron chi connectivity index (χ3n) is 6.20. The molecule has 2 fully saturated rings. The van der Waals surface area contributed by atoms with E-state index in [1.165, 1.54) is 23.5 Å². The number of aryl methyl sites for hydroxylation is 3. The van der Waals surface area contributed by atoms with Crippen LogP contribution in [-0.2, 0) is 7.05 Å². The Hall–Kier alpha value is -3.07. The first-order chi connectivity index (χ1) is 15.3. The lowest BCUT2D eigenvalue weighted by Crippen LogP contribution is -2.45. The van der Waals surface area contributed by atoms with Crippen LogP contribution < -0.4 is 5.32 Å². The summed E-state index contributed by atoms with van der Waals surface area (Å²) in [6.45, 7) is 4.07. The molecule has 2 aliphatic rings. The summed E-state index contributed by atoms with van der Waals surface area (Å²) in [5, 5.41) is 7.95. The number of hydrogen-bond donors (Lipinski definition) is 1. The van der Waals surface area contributed by atoms with Crippen LogP contribution in [-0.4, -0.2) is 50.1 Å². The summed E-state index contributed by atoms with van der Waals surface area (Å²) in [4.78, 5) is 33.3. The van der Waals surface area contributed by atoms with E-state index in [1.807, 2.05) is 18.7 Å². The topological polar surface area (TPSA) is 80.1 Å². The van der Waals surface area contributed by atoms with Crippen molar-refractivity contribution in [3.05, 3.63) is 58.2 Å². The van der Waals surface area contributed by atoms with Gasteiger partial charge in [0, 0.05) is 19.6 Å². The van der Waals surface area contributed by atoms with Crippen molar-refractivity contribution in [2.45, 2.75) is 38.8 Å². The van der Waals surface area contributed by atoms with Crippen LogP contribution in [0.2, 0.25) is 0 Å². The Labute approximate surface area is 189 Å². The van der Waals surface area contributed by atoms with Gasteiger partial charge in [0.1, 0.15) is 17.2 Å². The molecule has 1 aliphatic carbocycles. The lowest BCUT2D eigenvalue weighted by atomic mass is 10.1. The fourth-order valence-corrected chi connectivity index (χ4v) is 5.61. The van der Waals surface area contributed by atoms with Gasteiger partial charge in [-0.2, -0.15) is 5.10 Å². The molecule has 9 heteroatoms. The lowest BCUT2D eigenvalue weighted by Gasteiger charge is -2.27. The van der Waals surface area contributed by atoms with Crippen molar-refractivity contribution >= 4 is 23.2 Å². The number of carbonyl (C=O) groups excluding carboxylic acids is 2. The van der Waals surface area contributed by atoms with Crippen LogP contribution >= 0.6 is 11.3 Å². The third kappa shape index (κ3) is 3.70. The number of rotatable bonds is 5. The fourth-order valence-electron chi connectivity index (χ4n) is 4.70. The van der Waals surface area contributed by atoms with E-state index in [0.717, 1.165) is 23.5 Å². The molecule has 0 spiro atoms. The highest BCUT2D eigenvalue weighted by Crippen LogP contribution is 2.48. The first-order valence-electron chi connectivity index (χ1n) is 10.7. The van der Waals surface area contributed by atoms with E-state index in [1.54, 1.807) is 29.9 Å². The molecule has 1 saturated heterocycles. The lowest BCUT2D eigenvalue weighted by molar-refractivity contribution is 0.0684. The maximum Gasteiger partial charge on any atom is 0.274 e. The van der Waals surface area contributed by atoms with Gasteiger partial charge >= 0.3 is 0 Å². The summed E-state index contributed by atoms with van der Waals surface area (Å²) in [6, 6.07) is 8.09. The highest BCUT2D eigenvalue weighted by atomic mass is 32.1. The second-order valence-electron chi connectivity index (χ2n) is 8.59. The van der Waals surface area contributed by atoms with Gasteiger partial charge in [0.15, 0.2) is 0 Å². The Bertz CT molecular complexity index is 1220. The second-order valence-corrected chi connectivity index (χ2v) is 9.79. The van der Waals surface area contributed by atoms with Gasteiger partial charge in [0.25, 0.3) is 11.8 Å². The second kappa shape index (κ2) is 7.81. The molecule has 1 aliphatic heterocycles. The number of fused-ring (bicyclic) bond motifs is 1. The summed E-state index contributed by atoms with van der Waals surface area (Å²) in [5.74, 6) is -0.223. The van der Waals surface area contributed by atoms with Crippen LogP contribution in [0.1, 0.15) is 44.5 Å². The van der Waals surface area contributed by atoms with Crippen molar-refractivity contribution in [1.82, 2.24) is 25.0 Å². The number of thiazole rings is 1. The summed E-state index contributed by atoms with van der Waals surface area (Å²) in [7, 11) is 1.74. The molecule has 2 aromatic heterocycles. The first-order valence-corrected chi connectivity index (χ1v) is 11.5. The maximum atomic E-state index is 13.8. The molecular formula is C23H24FN5O2S. The van der Waals surface area contributed by atoms with E-state index in [-0.39, 0.29) is 29.7 Å². The minimum Gasteiger partial charge on any atom is -0.349 e. The smallest absolute Gasteiger partial charge is 0.274 e. The standard InChI is InChI=1S/C23H24FN5O2S/c1-12-7-19(28(3)27-12)22(30)25-11-17-9-15-10-18(15)29(17)23(31)20-21(32-13(2)26-20)14-5-4-6-16(24)8-14/h4-8,15,17-18H,9-11H2,1-3H3,(H,25,30)/t15-,17+,18+/m1/s1. The predicted octanol–water partition coefficient (Wildman–Crippen LogP) is 3.33. The molecule has 0 unspecified atom stereocenters. The Balaban J connectivity index is 1.36. The number of likely N-dealkylation sites (tertiary alicyclic amines) is 1. The van der Waals surface area contributed by atoms with Crippen LogP contribution in [0, 0.1) is 25.6 Å². The molecular weight excluding hydrogens is 429 g/mol. The van der Waals surface area contributed by atoms with Crippen molar-refractivity contribution in [1.29, 1.82) is 0 Å². The SMILES string of the molecule is Cc1cc(C(=O)NC[C@@H]2C[C@@H]3C[C@@H]3N2C(=O)c2nc(C)sc2-c2cccc(F)c2)n(C)n1. The Kier molecular flexibility index (Phi) is 5.08. The van der Waals surface area contributed by atoms with Crippen LogP contribution in [0.15, 0.2) is 30.3 Å². The number of hydrogen-bond acceptors (Lipinski definition) is 5. The van der Waals surface area contributed by atoms with Crippen molar-refractivity contribution in [3.8, 4) is 10.4 Å². The zero-order valence-electron chi connectivity index (χ0n) is 18.1. The number of carbonyl (C=O) groups is 2. The quantitative estimate of drug-likeness (QED) is 0.643. The summed E-state index contributed by atoms with van der Waals surface area (Å²) >= 11 is 1.39. The Morgan fingerprint density at radius 1 is 1.25 bits per heavy atom. The van der Waals surface area contributed by atoms with E-state index in [0.29, 0.717) is 34.3 Å². The molecule has 0 bridgehead atoms. The minimum atomic E-state index is -0.346. The van der Waals surface area contributed by atoms with Gasteiger partial charge in [-0.15, -0.1) is 11.3 Å². The van der Waals surface area contributed by atoms with E-state index < -0.39 is 0 Å². The van der Waals surface area contributed by atoms with E-state index in [9.17, 15) is 14.0 Å². The number of nitrogens with one attached hydrogen (secondary N) is 1. The van der Waals surface area contributed by atoms with E-state index in [4.69, 9.17) is 0 Å². The van der Waals surface area contributed by atoms with Gasteiger partial charge in [0.05, 0.1) is 21.6 Å². The summed E-state index contributed by atoms with van der Waals surface area (Å²) in [6.07, 6.45) is 1.84. The molecule has 1 N–H and O–H groups in total. The zero-order chi connectivity index (χ0) is 22.6. The Morgan fingerprint density at radius 2 is 2.06 bits per heavy atom. The molecule has 0 radical (unpaired) electrons. The van der Waals surface area contributed by atoms with Gasteiger partial charge < -0.3 is 10.2 Å². The average Bonchev–Trinajstić information content (AvgIpc) is 3.06. The number of amides is 2. The summed E-state index contributed by atoms with van der Waals surface area (Å²) in [5.41, 5.74) is 2.29. The van der Waals surface area contributed by atoms with Crippen molar-refractivity contribution in [2.24, 2.45) is 13.0 Å². The number of piperidine rings is 1. The largest absolute Gasteiger partial charge is 0.349 e. The van der Waals surface area contributed by atoms with Crippen molar-refractivity contribution in [3.63, 3.8) is 0 Å². The molecule has 1 saturated carbocycles. The number of nitrogens with zero attached hydrogens (tertiary/aromatic N) is 4. The Morgan fingerprint density at radius 3 is 2.78 bits per heavy atom. The fraction of sp³-hybridized carbons (Fsp3) is 0.391. The van der Waals surface area contributed by atoms with E-state index in [2.05, 4.69) is 15.4 Å². The number of benzene rings is 1. The zero-order valence-corrected chi connectivity index (χ0v) is 18.9. The molecule has 1 aromatic carbocycles. The van der Waals surface area contributed by atoms with Gasteiger partial charge in [-0.05, 0) is 56.4 Å². The van der Waals surface area contributed by atoms with Gasteiger partial charge in [0.2, 0.25) is 0 Å². The van der Waals surface area contributed by atoms with Crippen LogP contribution in [0.5, 0.6) is 0 Å².